The first-order valence-corrected chi connectivity index (χ1v) is 5.31. The summed E-state index contributed by atoms with van der Waals surface area (Å²) in [5.74, 6) is -0.150. The highest BCUT2D eigenvalue weighted by atomic mass is 19.1. The van der Waals surface area contributed by atoms with Gasteiger partial charge in [-0.2, -0.15) is 0 Å². The second-order valence-corrected chi connectivity index (χ2v) is 3.93. The van der Waals surface area contributed by atoms with E-state index < -0.39 is 0 Å². The molecule has 0 spiro atoms. The van der Waals surface area contributed by atoms with Crippen LogP contribution in [0, 0.1) is 5.82 Å². The van der Waals surface area contributed by atoms with Gasteiger partial charge < -0.3 is 10.1 Å². The molecule has 0 bridgehead atoms. The van der Waals surface area contributed by atoms with Crippen LogP contribution in [-0.2, 0) is 0 Å². The summed E-state index contributed by atoms with van der Waals surface area (Å²) in [6, 6.07) is 13.7. The Morgan fingerprint density at radius 3 is 2.65 bits per heavy atom. The molecule has 2 aromatic carbocycles. The van der Waals surface area contributed by atoms with Crippen LogP contribution in [0.15, 0.2) is 48.5 Å². The van der Waals surface area contributed by atoms with Crippen molar-refractivity contribution >= 4 is 10.9 Å². The molecule has 17 heavy (non-hydrogen) atoms. The zero-order valence-corrected chi connectivity index (χ0v) is 8.94. The fourth-order valence-corrected chi connectivity index (χ4v) is 2.05. The number of rotatable bonds is 1. The standard InChI is InChI=1S/C14H10FNO/c15-10-4-1-3-9(7-10)11-5-2-6-13-12(11)8-14(17)16-13/h1-8,16-17H. The van der Waals surface area contributed by atoms with Gasteiger partial charge in [-0.1, -0.05) is 24.3 Å². The van der Waals surface area contributed by atoms with Crippen molar-refractivity contribution in [1.82, 2.24) is 4.98 Å². The molecule has 1 aromatic heterocycles. The van der Waals surface area contributed by atoms with Gasteiger partial charge in [0.15, 0.2) is 5.88 Å². The van der Waals surface area contributed by atoms with Crippen LogP contribution in [0.2, 0.25) is 0 Å². The van der Waals surface area contributed by atoms with Gasteiger partial charge in [0.05, 0.1) is 0 Å². The number of H-pyrrole nitrogens is 1. The third-order valence-electron chi connectivity index (χ3n) is 2.79. The van der Waals surface area contributed by atoms with Crippen LogP contribution in [0.1, 0.15) is 0 Å². The number of aromatic nitrogens is 1. The number of aromatic hydroxyl groups is 1. The van der Waals surface area contributed by atoms with Gasteiger partial charge in [-0.3, -0.25) is 0 Å². The van der Waals surface area contributed by atoms with Crippen LogP contribution in [-0.4, -0.2) is 10.1 Å². The molecule has 0 fully saturated rings. The zero-order valence-electron chi connectivity index (χ0n) is 8.94. The molecule has 1 heterocycles. The van der Waals surface area contributed by atoms with E-state index in [1.54, 1.807) is 12.1 Å². The molecule has 0 unspecified atom stereocenters. The molecule has 3 aromatic rings. The average Bonchev–Trinajstić information content (AvgIpc) is 2.68. The number of hydrogen-bond acceptors (Lipinski definition) is 1. The minimum atomic E-state index is -0.265. The lowest BCUT2D eigenvalue weighted by molar-refractivity contribution is 0.458. The lowest BCUT2D eigenvalue weighted by Crippen LogP contribution is -1.80. The molecule has 2 nitrogen and oxygen atoms in total. The maximum atomic E-state index is 13.2. The first-order chi connectivity index (χ1) is 8.24. The number of halogens is 1. The molecular formula is C14H10FNO. The predicted octanol–water partition coefficient (Wildman–Crippen LogP) is 3.68. The molecule has 0 saturated heterocycles. The van der Waals surface area contributed by atoms with Crippen molar-refractivity contribution in [2.75, 3.05) is 0 Å². The molecule has 84 valence electrons. The highest BCUT2D eigenvalue weighted by Gasteiger charge is 2.07. The van der Waals surface area contributed by atoms with Crippen molar-refractivity contribution in [2.24, 2.45) is 0 Å². The van der Waals surface area contributed by atoms with Crippen molar-refractivity contribution in [1.29, 1.82) is 0 Å². The van der Waals surface area contributed by atoms with Crippen LogP contribution in [0.4, 0.5) is 4.39 Å². The van der Waals surface area contributed by atoms with E-state index in [4.69, 9.17) is 0 Å². The summed E-state index contributed by atoms with van der Waals surface area (Å²) >= 11 is 0. The molecule has 3 heteroatoms. The van der Waals surface area contributed by atoms with E-state index in [0.717, 1.165) is 22.0 Å². The summed E-state index contributed by atoms with van der Waals surface area (Å²) in [5.41, 5.74) is 2.54. The van der Waals surface area contributed by atoms with E-state index in [9.17, 15) is 9.50 Å². The fourth-order valence-electron chi connectivity index (χ4n) is 2.05. The van der Waals surface area contributed by atoms with Gasteiger partial charge in [-0.25, -0.2) is 4.39 Å². The number of aromatic amines is 1. The van der Waals surface area contributed by atoms with Crippen molar-refractivity contribution < 1.29 is 9.50 Å². The number of nitrogens with one attached hydrogen (secondary N) is 1. The van der Waals surface area contributed by atoms with Gasteiger partial charge in [0.2, 0.25) is 0 Å². The second-order valence-electron chi connectivity index (χ2n) is 3.93. The van der Waals surface area contributed by atoms with Crippen LogP contribution in [0.25, 0.3) is 22.0 Å². The second kappa shape index (κ2) is 3.63. The van der Waals surface area contributed by atoms with Gasteiger partial charge in [0, 0.05) is 17.0 Å². The van der Waals surface area contributed by atoms with Gasteiger partial charge in [0.25, 0.3) is 0 Å². The number of fused-ring (bicyclic) bond motifs is 1. The summed E-state index contributed by atoms with van der Waals surface area (Å²) in [6.45, 7) is 0. The van der Waals surface area contributed by atoms with Crippen molar-refractivity contribution in [2.45, 2.75) is 0 Å². The van der Waals surface area contributed by atoms with Crippen LogP contribution in [0.5, 0.6) is 5.88 Å². The van der Waals surface area contributed by atoms with E-state index in [0.29, 0.717) is 0 Å². The maximum Gasteiger partial charge on any atom is 0.189 e. The average molecular weight is 227 g/mol. The Bertz CT molecular complexity index is 688. The molecule has 0 saturated carbocycles. The van der Waals surface area contributed by atoms with Crippen molar-refractivity contribution in [3.63, 3.8) is 0 Å². The highest BCUT2D eigenvalue weighted by molar-refractivity contribution is 5.96. The molecule has 2 N–H and O–H groups in total. The Morgan fingerprint density at radius 1 is 1.00 bits per heavy atom. The lowest BCUT2D eigenvalue weighted by atomic mass is 10.0. The van der Waals surface area contributed by atoms with Crippen LogP contribution in [0.3, 0.4) is 0 Å². The van der Waals surface area contributed by atoms with E-state index in [1.165, 1.54) is 12.1 Å². The Hall–Kier alpha value is -2.29. The van der Waals surface area contributed by atoms with Crippen molar-refractivity contribution in [3.8, 4) is 17.0 Å². The summed E-state index contributed by atoms with van der Waals surface area (Å²) in [6.07, 6.45) is 0. The van der Waals surface area contributed by atoms with Gasteiger partial charge in [-0.15, -0.1) is 0 Å². The predicted molar refractivity (Wildman–Crippen MR) is 65.4 cm³/mol. The van der Waals surface area contributed by atoms with Crippen LogP contribution >= 0.6 is 0 Å². The van der Waals surface area contributed by atoms with E-state index in [-0.39, 0.29) is 11.7 Å². The smallest absolute Gasteiger partial charge is 0.189 e. The van der Waals surface area contributed by atoms with Crippen LogP contribution < -0.4 is 0 Å². The molecule has 3 rings (SSSR count). The Balaban J connectivity index is 2.30. The molecule has 0 atom stereocenters. The summed E-state index contributed by atoms with van der Waals surface area (Å²) < 4.78 is 13.2. The highest BCUT2D eigenvalue weighted by Crippen LogP contribution is 2.31. The lowest BCUT2D eigenvalue weighted by Gasteiger charge is -2.03. The van der Waals surface area contributed by atoms with Crippen molar-refractivity contribution in [3.05, 3.63) is 54.3 Å². The van der Waals surface area contributed by atoms with Gasteiger partial charge in [-0.05, 0) is 29.3 Å². The zero-order chi connectivity index (χ0) is 11.8. The SMILES string of the molecule is Oc1cc2c(-c3cccc(F)c3)cccc2[nH]1. The minimum absolute atomic E-state index is 0.115. The topological polar surface area (TPSA) is 36.0 Å². The van der Waals surface area contributed by atoms with Gasteiger partial charge in [0.1, 0.15) is 5.82 Å². The third-order valence-corrected chi connectivity index (χ3v) is 2.79. The minimum Gasteiger partial charge on any atom is -0.495 e. The Labute approximate surface area is 97.3 Å². The third kappa shape index (κ3) is 1.65. The number of hydrogen-bond donors (Lipinski definition) is 2. The normalized spacial score (nSPS) is 10.9. The van der Waals surface area contributed by atoms with E-state index >= 15 is 0 Å². The quantitative estimate of drug-likeness (QED) is 0.653. The Kier molecular flexibility index (Phi) is 2.11. The van der Waals surface area contributed by atoms with E-state index in [2.05, 4.69) is 4.98 Å². The maximum absolute atomic E-state index is 13.2. The first-order valence-electron chi connectivity index (χ1n) is 5.31. The Morgan fingerprint density at radius 2 is 1.82 bits per heavy atom. The molecule has 0 amide bonds. The molecule has 0 aliphatic rings. The van der Waals surface area contributed by atoms with E-state index in [1.807, 2.05) is 24.3 Å². The largest absolute Gasteiger partial charge is 0.495 e. The molecule has 0 radical (unpaired) electrons. The first kappa shape index (κ1) is 9.90. The number of benzene rings is 2. The molecular weight excluding hydrogens is 217 g/mol. The van der Waals surface area contributed by atoms with Gasteiger partial charge >= 0.3 is 0 Å². The monoisotopic (exact) mass is 227 g/mol. The summed E-state index contributed by atoms with van der Waals surface area (Å²) in [7, 11) is 0. The summed E-state index contributed by atoms with van der Waals surface area (Å²) in [4.78, 5) is 2.85. The fraction of sp³-hybridized carbons (Fsp3) is 0. The molecule has 0 aliphatic heterocycles. The summed E-state index contributed by atoms with van der Waals surface area (Å²) in [5, 5.41) is 10.3. The molecule has 0 aliphatic carbocycles.